The summed E-state index contributed by atoms with van der Waals surface area (Å²) < 4.78 is 9.42. The third-order valence-corrected chi connectivity index (χ3v) is 7.85. The first kappa shape index (κ1) is 20.9. The van der Waals surface area contributed by atoms with Crippen molar-refractivity contribution in [2.45, 2.75) is 22.8 Å². The largest absolute Gasteiger partial charge is 0.457 e. The Bertz CT molecular complexity index is 1570. The molecule has 0 fully saturated rings. The molecule has 0 amide bonds. The van der Waals surface area contributed by atoms with Crippen molar-refractivity contribution in [3.63, 3.8) is 0 Å². The maximum absolute atomic E-state index is 12.7. The van der Waals surface area contributed by atoms with Gasteiger partial charge >= 0.3 is 5.97 Å². The molecule has 0 aliphatic carbocycles. The number of aryl methyl sites for hydroxylation is 1. The van der Waals surface area contributed by atoms with Gasteiger partial charge in [-0.3, -0.25) is 18.6 Å². The van der Waals surface area contributed by atoms with Crippen LogP contribution < -0.4 is 10.5 Å². The van der Waals surface area contributed by atoms with Crippen molar-refractivity contribution in [1.82, 2.24) is 19.2 Å². The summed E-state index contributed by atoms with van der Waals surface area (Å²) in [7, 11) is 1.66. The number of fused-ring (bicyclic) bond motifs is 5. The Hall–Kier alpha value is -3.63. The van der Waals surface area contributed by atoms with Gasteiger partial charge in [-0.15, -0.1) is 21.5 Å². The molecular weight excluding hydrogens is 470 g/mol. The second-order valence-electron chi connectivity index (χ2n) is 7.85. The highest BCUT2D eigenvalue weighted by Crippen LogP contribution is 2.47. The first-order chi connectivity index (χ1) is 16.6. The predicted octanol–water partition coefficient (Wildman–Crippen LogP) is 4.38. The molecule has 8 nitrogen and oxygen atoms in total. The van der Waals surface area contributed by atoms with E-state index >= 15 is 0 Å². The number of anilines is 2. The minimum atomic E-state index is -0.323. The molecule has 6 rings (SSSR count). The van der Waals surface area contributed by atoms with E-state index in [4.69, 9.17) is 4.74 Å². The molecule has 0 saturated heterocycles. The average Bonchev–Trinajstić information content (AvgIpc) is 3.51. The maximum Gasteiger partial charge on any atom is 0.308 e. The zero-order chi connectivity index (χ0) is 23.2. The van der Waals surface area contributed by atoms with Crippen LogP contribution in [0.4, 0.5) is 11.4 Å². The minimum Gasteiger partial charge on any atom is -0.457 e. The molecule has 0 spiro atoms. The lowest BCUT2D eigenvalue weighted by Crippen LogP contribution is -2.24. The molecule has 34 heavy (non-hydrogen) atoms. The second-order valence-corrected chi connectivity index (χ2v) is 9.85. The number of rotatable bonds is 5. The number of carbonyl (C=O) groups excluding carboxylic acids is 1. The number of carbonyl (C=O) groups is 1. The molecular formula is C24H19N5O3S2. The van der Waals surface area contributed by atoms with E-state index in [-0.39, 0.29) is 24.6 Å². The highest BCUT2D eigenvalue weighted by atomic mass is 32.2. The summed E-state index contributed by atoms with van der Waals surface area (Å²) in [5.74, 6) is 0.574. The van der Waals surface area contributed by atoms with Crippen molar-refractivity contribution in [1.29, 1.82) is 0 Å². The summed E-state index contributed by atoms with van der Waals surface area (Å²) in [5.41, 5.74) is 2.78. The quantitative estimate of drug-likeness (QED) is 0.339. The lowest BCUT2D eigenvalue weighted by Gasteiger charge is -2.32. The van der Waals surface area contributed by atoms with Crippen LogP contribution in [0, 0.1) is 0 Å². The molecule has 2 aromatic carbocycles. The summed E-state index contributed by atoms with van der Waals surface area (Å²) in [6.45, 7) is 0.476. The van der Waals surface area contributed by atoms with Gasteiger partial charge in [-0.2, -0.15) is 0 Å². The fraction of sp³-hybridized carbons (Fsp3) is 0.167. The number of thiophene rings is 1. The van der Waals surface area contributed by atoms with Gasteiger partial charge in [0.05, 0.1) is 23.3 Å². The van der Waals surface area contributed by atoms with Gasteiger partial charge in [0, 0.05) is 23.4 Å². The number of aromatic nitrogens is 4. The molecule has 1 aliphatic rings. The molecule has 0 unspecified atom stereocenters. The molecule has 0 saturated carbocycles. The van der Waals surface area contributed by atoms with Gasteiger partial charge in [0.1, 0.15) is 4.70 Å². The highest BCUT2D eigenvalue weighted by molar-refractivity contribution is 7.99. The zero-order valence-corrected chi connectivity index (χ0v) is 19.8. The molecule has 3 aromatic heterocycles. The first-order valence-corrected chi connectivity index (χ1v) is 12.4. The topological polar surface area (TPSA) is 81.7 Å². The van der Waals surface area contributed by atoms with E-state index in [1.165, 1.54) is 15.9 Å². The van der Waals surface area contributed by atoms with Crippen LogP contribution in [0.25, 0.3) is 16.0 Å². The van der Waals surface area contributed by atoms with Crippen molar-refractivity contribution in [2.75, 3.05) is 11.4 Å². The van der Waals surface area contributed by atoms with Gasteiger partial charge in [-0.05, 0) is 35.7 Å². The summed E-state index contributed by atoms with van der Waals surface area (Å²) in [6, 6.07) is 18.2. The van der Waals surface area contributed by atoms with Crippen LogP contribution in [-0.4, -0.2) is 31.7 Å². The second kappa shape index (κ2) is 8.30. The first-order valence-electron chi connectivity index (χ1n) is 10.7. The van der Waals surface area contributed by atoms with Crippen LogP contribution in [0.15, 0.2) is 74.6 Å². The highest BCUT2D eigenvalue weighted by Gasteiger charge is 2.24. The maximum atomic E-state index is 12.7. The van der Waals surface area contributed by atoms with Crippen LogP contribution >= 0.6 is 23.1 Å². The SMILES string of the molecule is Cn1c(=O)c2sccc2n2c(COC(=O)CCN3c4ccccc4Sc4ccccc43)nnc12. The summed E-state index contributed by atoms with van der Waals surface area (Å²) in [6.07, 6.45) is 0.219. The number of hydrogen-bond donors (Lipinski definition) is 0. The van der Waals surface area contributed by atoms with Gasteiger partial charge in [0.15, 0.2) is 12.4 Å². The third-order valence-electron chi connectivity index (χ3n) is 5.83. The van der Waals surface area contributed by atoms with Crippen LogP contribution in [-0.2, 0) is 23.2 Å². The Balaban J connectivity index is 1.21. The molecule has 0 atom stereocenters. The molecule has 0 radical (unpaired) electrons. The Morgan fingerprint density at radius 2 is 1.71 bits per heavy atom. The van der Waals surface area contributed by atoms with E-state index in [0.29, 0.717) is 22.8 Å². The molecule has 0 bridgehead atoms. The molecule has 4 heterocycles. The number of nitrogens with zero attached hydrogens (tertiary/aromatic N) is 5. The van der Waals surface area contributed by atoms with Crippen molar-refractivity contribution in [3.8, 4) is 0 Å². The monoisotopic (exact) mass is 489 g/mol. The van der Waals surface area contributed by atoms with Gasteiger partial charge < -0.3 is 9.64 Å². The lowest BCUT2D eigenvalue weighted by molar-refractivity contribution is -0.144. The minimum absolute atomic E-state index is 0.0217. The van der Waals surface area contributed by atoms with Gasteiger partial charge in [0.2, 0.25) is 5.78 Å². The van der Waals surface area contributed by atoms with E-state index < -0.39 is 0 Å². The number of hydrogen-bond acceptors (Lipinski definition) is 8. The predicted molar refractivity (Wildman–Crippen MR) is 132 cm³/mol. The van der Waals surface area contributed by atoms with Gasteiger partial charge in [-0.1, -0.05) is 36.0 Å². The number of ether oxygens (including phenoxy) is 1. The molecule has 1 aliphatic heterocycles. The smallest absolute Gasteiger partial charge is 0.308 e. The van der Waals surface area contributed by atoms with E-state index in [1.54, 1.807) is 23.2 Å². The Labute approximate surface area is 202 Å². The molecule has 5 aromatic rings. The van der Waals surface area contributed by atoms with Crippen molar-refractivity contribution < 1.29 is 9.53 Å². The van der Waals surface area contributed by atoms with Crippen molar-refractivity contribution >= 4 is 56.4 Å². The zero-order valence-electron chi connectivity index (χ0n) is 18.2. The molecule has 0 N–H and O–H groups in total. The fourth-order valence-electron chi connectivity index (χ4n) is 4.19. The van der Waals surface area contributed by atoms with E-state index in [1.807, 2.05) is 35.7 Å². The molecule has 170 valence electrons. The normalized spacial score (nSPS) is 12.7. The summed E-state index contributed by atoms with van der Waals surface area (Å²) in [5, 5.41) is 10.2. The van der Waals surface area contributed by atoms with E-state index in [0.717, 1.165) is 26.7 Å². The van der Waals surface area contributed by atoms with E-state index in [9.17, 15) is 9.59 Å². The van der Waals surface area contributed by atoms with Crippen LogP contribution in [0.1, 0.15) is 12.2 Å². The summed E-state index contributed by atoms with van der Waals surface area (Å²) >= 11 is 3.10. The van der Waals surface area contributed by atoms with Crippen LogP contribution in [0.3, 0.4) is 0 Å². The van der Waals surface area contributed by atoms with Crippen LogP contribution in [0.5, 0.6) is 0 Å². The van der Waals surface area contributed by atoms with E-state index in [2.05, 4.69) is 39.4 Å². The van der Waals surface area contributed by atoms with Gasteiger partial charge in [-0.25, -0.2) is 0 Å². The Kier molecular flexibility index (Phi) is 5.11. The fourth-order valence-corrected chi connectivity index (χ4v) is 6.14. The Morgan fingerprint density at radius 3 is 2.44 bits per heavy atom. The van der Waals surface area contributed by atoms with Crippen LogP contribution in [0.2, 0.25) is 0 Å². The number of para-hydroxylation sites is 2. The van der Waals surface area contributed by atoms with Crippen molar-refractivity contribution in [2.24, 2.45) is 7.05 Å². The number of benzene rings is 2. The summed E-state index contributed by atoms with van der Waals surface area (Å²) in [4.78, 5) is 29.7. The van der Waals surface area contributed by atoms with Gasteiger partial charge in [0.25, 0.3) is 5.56 Å². The average molecular weight is 490 g/mol. The molecule has 10 heteroatoms. The number of esters is 1. The van der Waals surface area contributed by atoms with Crippen molar-refractivity contribution in [3.05, 3.63) is 76.2 Å². The lowest BCUT2D eigenvalue weighted by atomic mass is 10.2. The third kappa shape index (κ3) is 3.37. The standard InChI is InChI=1S/C24H19N5O3S2/c1-27-23(31)22-17(11-13-33-22)29-20(25-26-24(27)29)14-32-21(30)10-12-28-15-6-2-4-8-18(15)34-19-9-5-3-7-16(19)28/h2-9,11,13H,10,12,14H2,1H3. The Morgan fingerprint density at radius 1 is 1.00 bits per heavy atom.